The molecule has 2 rings (SSSR count). The van der Waals surface area contributed by atoms with Crippen molar-refractivity contribution in [1.82, 2.24) is 0 Å². The second kappa shape index (κ2) is 5.45. The number of carbonyl (C=O) groups is 1. The molecule has 0 aliphatic heterocycles. The lowest BCUT2D eigenvalue weighted by Crippen LogP contribution is -2.17. The molecule has 8 heteroatoms. The molecule has 2 N–H and O–H groups in total. The molecule has 1 aromatic carbocycles. The number of rotatable bonds is 4. The normalized spacial score (nSPS) is 11.4. The van der Waals surface area contributed by atoms with Crippen LogP contribution in [0.25, 0.3) is 0 Å². The first-order valence-corrected chi connectivity index (χ1v) is 8.14. The van der Waals surface area contributed by atoms with Gasteiger partial charge in [0.25, 0.3) is 10.0 Å². The van der Waals surface area contributed by atoms with E-state index in [1.165, 1.54) is 23.5 Å². The van der Waals surface area contributed by atoms with E-state index in [4.69, 9.17) is 5.11 Å². The molecule has 5 nitrogen and oxygen atoms in total. The van der Waals surface area contributed by atoms with Gasteiger partial charge in [-0.15, -0.1) is 11.3 Å². The number of nitrogens with one attached hydrogen (secondary N) is 1. The smallest absolute Gasteiger partial charge is 0.337 e. The van der Waals surface area contributed by atoms with E-state index in [0.717, 1.165) is 17.0 Å². The van der Waals surface area contributed by atoms with Crippen molar-refractivity contribution in [3.63, 3.8) is 0 Å². The number of halogens is 1. The van der Waals surface area contributed by atoms with Crippen molar-refractivity contribution in [2.24, 2.45) is 0 Å². The zero-order chi connectivity index (χ0) is 15.8. The van der Waals surface area contributed by atoms with Gasteiger partial charge in [-0.2, -0.15) is 0 Å². The summed E-state index contributed by atoms with van der Waals surface area (Å²) < 4.78 is 40.4. The quantitative estimate of drug-likeness (QED) is 0.903. The number of hydrogen-bond donors (Lipinski definition) is 2. The Morgan fingerprint density at radius 3 is 2.52 bits per heavy atom. The van der Waals surface area contributed by atoms with Gasteiger partial charge in [0.15, 0.2) is 0 Å². The van der Waals surface area contributed by atoms with Crippen LogP contribution < -0.4 is 4.72 Å². The highest BCUT2D eigenvalue weighted by Crippen LogP contribution is 2.29. The molecule has 21 heavy (non-hydrogen) atoms. The van der Waals surface area contributed by atoms with Crippen molar-refractivity contribution in [3.05, 3.63) is 45.4 Å². The molecule has 0 spiro atoms. The highest BCUT2D eigenvalue weighted by atomic mass is 32.2. The second-order valence-corrected chi connectivity index (χ2v) is 7.46. The summed E-state index contributed by atoms with van der Waals surface area (Å²) in [6.07, 6.45) is 0. The molecule has 1 aromatic heterocycles. The number of sulfonamides is 1. The minimum atomic E-state index is -4.04. The standard InChI is InChI=1S/C13H12FNO4S2/c1-7-6-11(8(2)20-7)21(18,19)15-12-9(13(16)17)4-3-5-10(12)14/h3-6,15H,1-2H3,(H,16,17). The summed E-state index contributed by atoms with van der Waals surface area (Å²) in [5.41, 5.74) is -1.00. The predicted molar refractivity (Wildman–Crippen MR) is 78.0 cm³/mol. The number of para-hydroxylation sites is 1. The van der Waals surface area contributed by atoms with Gasteiger partial charge in [0.05, 0.1) is 11.3 Å². The van der Waals surface area contributed by atoms with E-state index in [9.17, 15) is 17.6 Å². The summed E-state index contributed by atoms with van der Waals surface area (Å²) in [7, 11) is -4.04. The molecule has 112 valence electrons. The molecular formula is C13H12FNO4S2. The lowest BCUT2D eigenvalue weighted by atomic mass is 10.2. The van der Waals surface area contributed by atoms with E-state index >= 15 is 0 Å². The molecule has 0 radical (unpaired) electrons. The zero-order valence-electron chi connectivity index (χ0n) is 11.2. The van der Waals surface area contributed by atoms with Gasteiger partial charge in [-0.05, 0) is 32.0 Å². The van der Waals surface area contributed by atoms with Gasteiger partial charge in [-0.3, -0.25) is 4.72 Å². The summed E-state index contributed by atoms with van der Waals surface area (Å²) in [4.78, 5) is 12.4. The number of aromatic carboxylic acids is 1. The predicted octanol–water partition coefficient (Wildman–Crippen LogP) is 3.00. The van der Waals surface area contributed by atoms with Crippen LogP contribution in [0.3, 0.4) is 0 Å². The van der Waals surface area contributed by atoms with Gasteiger partial charge >= 0.3 is 5.97 Å². The fraction of sp³-hybridized carbons (Fsp3) is 0.154. The Bertz CT molecular complexity index is 812. The SMILES string of the molecule is Cc1cc(S(=O)(=O)Nc2c(F)cccc2C(=O)O)c(C)s1. The molecule has 0 aliphatic rings. The van der Waals surface area contributed by atoms with Crippen LogP contribution in [-0.4, -0.2) is 19.5 Å². The number of benzene rings is 1. The third-order valence-electron chi connectivity index (χ3n) is 2.77. The van der Waals surface area contributed by atoms with Crippen LogP contribution in [0.4, 0.5) is 10.1 Å². The molecule has 0 bridgehead atoms. The lowest BCUT2D eigenvalue weighted by Gasteiger charge is -2.11. The Morgan fingerprint density at radius 1 is 1.33 bits per heavy atom. The number of hydrogen-bond acceptors (Lipinski definition) is 4. The average Bonchev–Trinajstić information content (AvgIpc) is 2.71. The van der Waals surface area contributed by atoms with Gasteiger partial charge in [-0.25, -0.2) is 17.6 Å². The van der Waals surface area contributed by atoms with Gasteiger partial charge in [0.2, 0.25) is 0 Å². The van der Waals surface area contributed by atoms with Gasteiger partial charge in [-0.1, -0.05) is 6.07 Å². The van der Waals surface area contributed by atoms with Gasteiger partial charge < -0.3 is 5.11 Å². The molecule has 1 heterocycles. The maximum Gasteiger partial charge on any atom is 0.337 e. The van der Waals surface area contributed by atoms with E-state index < -0.39 is 33.1 Å². The summed E-state index contributed by atoms with van der Waals surface area (Å²) in [5.74, 6) is -2.35. The number of carboxylic acids is 1. The topological polar surface area (TPSA) is 83.5 Å². The summed E-state index contributed by atoms with van der Waals surface area (Å²) in [6, 6.07) is 4.80. The maximum absolute atomic E-state index is 13.8. The summed E-state index contributed by atoms with van der Waals surface area (Å²) in [6.45, 7) is 3.38. The Balaban J connectivity index is 2.52. The fourth-order valence-electron chi connectivity index (χ4n) is 1.87. The Morgan fingerprint density at radius 2 is 2.00 bits per heavy atom. The van der Waals surface area contributed by atoms with E-state index in [1.54, 1.807) is 13.8 Å². The van der Waals surface area contributed by atoms with Crippen molar-refractivity contribution >= 4 is 33.0 Å². The summed E-state index contributed by atoms with van der Waals surface area (Å²) in [5, 5.41) is 9.02. The van der Waals surface area contributed by atoms with Crippen LogP contribution in [0, 0.1) is 19.7 Å². The lowest BCUT2D eigenvalue weighted by molar-refractivity contribution is 0.0697. The molecular weight excluding hydrogens is 317 g/mol. The van der Waals surface area contributed by atoms with Crippen molar-refractivity contribution < 1.29 is 22.7 Å². The number of aryl methyl sites for hydroxylation is 2. The molecule has 0 aliphatic carbocycles. The van der Waals surface area contributed by atoms with Crippen LogP contribution in [0.2, 0.25) is 0 Å². The van der Waals surface area contributed by atoms with Crippen LogP contribution in [0.15, 0.2) is 29.2 Å². The Hall–Kier alpha value is -1.93. The largest absolute Gasteiger partial charge is 0.478 e. The van der Waals surface area contributed by atoms with Crippen molar-refractivity contribution in [2.45, 2.75) is 18.7 Å². The molecule has 2 aromatic rings. The average molecular weight is 329 g/mol. The van der Waals surface area contributed by atoms with E-state index in [1.807, 2.05) is 4.72 Å². The molecule has 0 fully saturated rings. The Labute approximate surface area is 125 Å². The van der Waals surface area contributed by atoms with E-state index in [0.29, 0.717) is 4.88 Å². The third kappa shape index (κ3) is 3.06. The van der Waals surface area contributed by atoms with E-state index in [-0.39, 0.29) is 4.90 Å². The maximum atomic E-state index is 13.8. The first-order valence-electron chi connectivity index (χ1n) is 5.84. The summed E-state index contributed by atoms with van der Waals surface area (Å²) >= 11 is 1.29. The molecule has 0 saturated carbocycles. The molecule has 0 unspecified atom stereocenters. The minimum absolute atomic E-state index is 0.0181. The Kier molecular flexibility index (Phi) is 4.02. The highest BCUT2D eigenvalue weighted by molar-refractivity contribution is 7.93. The van der Waals surface area contributed by atoms with Crippen molar-refractivity contribution in [1.29, 1.82) is 0 Å². The monoisotopic (exact) mass is 329 g/mol. The number of anilines is 1. The number of carboxylic acid groups (broad SMARTS) is 1. The second-order valence-electron chi connectivity index (χ2n) is 4.35. The van der Waals surface area contributed by atoms with Gasteiger partial charge in [0, 0.05) is 9.75 Å². The third-order valence-corrected chi connectivity index (χ3v) is 5.34. The van der Waals surface area contributed by atoms with Crippen LogP contribution >= 0.6 is 11.3 Å². The molecule has 0 amide bonds. The fourth-order valence-corrected chi connectivity index (χ4v) is 4.51. The molecule has 0 saturated heterocycles. The van der Waals surface area contributed by atoms with Crippen molar-refractivity contribution in [3.8, 4) is 0 Å². The van der Waals surface area contributed by atoms with Crippen molar-refractivity contribution in [2.75, 3.05) is 4.72 Å². The molecule has 0 atom stereocenters. The minimum Gasteiger partial charge on any atom is -0.478 e. The van der Waals surface area contributed by atoms with Crippen LogP contribution in [0.5, 0.6) is 0 Å². The highest BCUT2D eigenvalue weighted by Gasteiger charge is 2.24. The van der Waals surface area contributed by atoms with Crippen LogP contribution in [-0.2, 0) is 10.0 Å². The van der Waals surface area contributed by atoms with Crippen LogP contribution in [0.1, 0.15) is 20.1 Å². The zero-order valence-corrected chi connectivity index (χ0v) is 12.8. The first kappa shape index (κ1) is 15.5. The van der Waals surface area contributed by atoms with Gasteiger partial charge in [0.1, 0.15) is 10.7 Å². The number of thiophene rings is 1. The van der Waals surface area contributed by atoms with E-state index in [2.05, 4.69) is 0 Å². The first-order chi connectivity index (χ1) is 9.72.